The van der Waals surface area contributed by atoms with Gasteiger partial charge in [0.15, 0.2) is 0 Å². The van der Waals surface area contributed by atoms with Gasteiger partial charge in [0.25, 0.3) is 0 Å². The molecule has 4 heterocycles. The van der Waals surface area contributed by atoms with Crippen LogP contribution in [-0.2, 0) is 16.1 Å². The average molecular weight is 447 g/mol. The SMILES string of the molecule is COCCNC(=O)[C@H]1C[NH+]2CC[C@@H]1C[C@@H]2Cn1cc(-c2ccc(-c3ccccc3)cc2)nn1. The number of carbonyl (C=O) groups is 1. The molecule has 33 heavy (non-hydrogen) atoms. The Hall–Kier alpha value is -3.03. The van der Waals surface area contributed by atoms with Crippen LogP contribution in [0, 0.1) is 11.8 Å². The number of hydrogen-bond acceptors (Lipinski definition) is 4. The van der Waals surface area contributed by atoms with Crippen molar-refractivity contribution in [2.45, 2.75) is 25.4 Å². The van der Waals surface area contributed by atoms with Crippen molar-refractivity contribution >= 4 is 5.91 Å². The predicted molar refractivity (Wildman–Crippen MR) is 126 cm³/mol. The maximum absolute atomic E-state index is 12.6. The summed E-state index contributed by atoms with van der Waals surface area (Å²) in [5.41, 5.74) is 4.38. The summed E-state index contributed by atoms with van der Waals surface area (Å²) in [6.07, 6.45) is 4.25. The lowest BCUT2D eigenvalue weighted by Gasteiger charge is -2.46. The van der Waals surface area contributed by atoms with Gasteiger partial charge in [0.1, 0.15) is 11.7 Å². The van der Waals surface area contributed by atoms with Gasteiger partial charge in [-0.3, -0.25) is 4.79 Å². The summed E-state index contributed by atoms with van der Waals surface area (Å²) in [5, 5.41) is 11.9. The smallest absolute Gasteiger partial charge is 0.229 e. The number of benzene rings is 2. The summed E-state index contributed by atoms with van der Waals surface area (Å²) in [7, 11) is 1.66. The van der Waals surface area contributed by atoms with E-state index in [9.17, 15) is 4.79 Å². The Labute approximate surface area is 194 Å². The van der Waals surface area contributed by atoms with Crippen molar-refractivity contribution in [1.29, 1.82) is 0 Å². The van der Waals surface area contributed by atoms with Crippen molar-refractivity contribution in [3.05, 3.63) is 60.8 Å². The molecule has 0 saturated carbocycles. The Bertz CT molecular complexity index is 1070. The normalized spacial score (nSPS) is 24.0. The zero-order valence-corrected chi connectivity index (χ0v) is 19.1. The van der Waals surface area contributed by atoms with Crippen LogP contribution in [0.3, 0.4) is 0 Å². The fourth-order valence-corrected chi connectivity index (χ4v) is 5.44. The van der Waals surface area contributed by atoms with E-state index in [0.29, 0.717) is 25.1 Å². The van der Waals surface area contributed by atoms with Crippen molar-refractivity contribution in [2.24, 2.45) is 11.8 Å². The molecule has 3 saturated heterocycles. The second kappa shape index (κ2) is 9.85. The first kappa shape index (κ1) is 21.8. The van der Waals surface area contributed by atoms with Gasteiger partial charge in [0.2, 0.25) is 5.91 Å². The van der Waals surface area contributed by atoms with E-state index < -0.39 is 0 Å². The monoisotopic (exact) mass is 446 g/mol. The number of amides is 1. The Morgan fingerprint density at radius 3 is 2.61 bits per heavy atom. The summed E-state index contributed by atoms with van der Waals surface area (Å²) in [5.74, 6) is 0.773. The molecule has 3 aromatic rings. The minimum atomic E-state index is 0.122. The molecule has 172 valence electrons. The van der Waals surface area contributed by atoms with E-state index in [0.717, 1.165) is 43.7 Å². The van der Waals surface area contributed by atoms with Crippen LogP contribution in [0.2, 0.25) is 0 Å². The molecule has 7 heteroatoms. The molecule has 2 aromatic carbocycles. The van der Waals surface area contributed by atoms with Crippen LogP contribution >= 0.6 is 0 Å². The van der Waals surface area contributed by atoms with Crippen LogP contribution in [0.25, 0.3) is 22.4 Å². The van der Waals surface area contributed by atoms with Gasteiger partial charge in [-0.25, -0.2) is 4.68 Å². The number of rotatable bonds is 8. The summed E-state index contributed by atoms with van der Waals surface area (Å²) < 4.78 is 7.03. The van der Waals surface area contributed by atoms with E-state index >= 15 is 0 Å². The van der Waals surface area contributed by atoms with Crippen LogP contribution in [0.4, 0.5) is 0 Å². The van der Waals surface area contributed by atoms with Crippen LogP contribution in [0.5, 0.6) is 0 Å². The van der Waals surface area contributed by atoms with Gasteiger partial charge in [0, 0.05) is 32.1 Å². The van der Waals surface area contributed by atoms with E-state index in [4.69, 9.17) is 4.74 Å². The molecule has 3 aliphatic rings. The highest BCUT2D eigenvalue weighted by Crippen LogP contribution is 2.28. The number of aromatic nitrogens is 3. The number of quaternary nitrogens is 1. The number of nitrogens with zero attached hydrogens (tertiary/aromatic N) is 3. The highest BCUT2D eigenvalue weighted by molar-refractivity contribution is 5.79. The molecule has 3 aliphatic heterocycles. The number of hydrogen-bond donors (Lipinski definition) is 2. The van der Waals surface area contributed by atoms with E-state index in [2.05, 4.69) is 70.4 Å². The molecule has 0 aliphatic carbocycles. The molecule has 1 amide bonds. The quantitative estimate of drug-likeness (QED) is 0.517. The molecular weight excluding hydrogens is 414 g/mol. The van der Waals surface area contributed by atoms with Gasteiger partial charge in [-0.15, -0.1) is 5.10 Å². The van der Waals surface area contributed by atoms with Gasteiger partial charge in [-0.05, 0) is 17.0 Å². The molecule has 0 radical (unpaired) electrons. The van der Waals surface area contributed by atoms with Crippen molar-refractivity contribution in [1.82, 2.24) is 20.3 Å². The molecule has 2 N–H and O–H groups in total. The molecule has 1 aromatic heterocycles. The third kappa shape index (κ3) is 4.84. The highest BCUT2D eigenvalue weighted by atomic mass is 16.5. The second-order valence-corrected chi connectivity index (χ2v) is 9.25. The number of nitrogens with one attached hydrogen (secondary N) is 2. The maximum Gasteiger partial charge on any atom is 0.229 e. The average Bonchev–Trinajstić information content (AvgIpc) is 3.33. The van der Waals surface area contributed by atoms with Crippen LogP contribution in [0.15, 0.2) is 60.8 Å². The molecule has 4 atom stereocenters. The summed E-state index contributed by atoms with van der Waals surface area (Å²) in [4.78, 5) is 14.1. The summed E-state index contributed by atoms with van der Waals surface area (Å²) in [6, 6.07) is 19.4. The number of piperidine rings is 3. The Morgan fingerprint density at radius 1 is 1.12 bits per heavy atom. The standard InChI is InChI=1S/C26H31N5O2/c1-33-14-12-27-26(32)24-17-30-13-11-22(24)15-23(30)16-31-18-25(28-29-31)21-9-7-20(8-10-21)19-5-3-2-4-6-19/h2-10,18,22-24H,11-17H2,1H3,(H,27,32)/p+1/t22-,23-,24+/m1/s1. The van der Waals surface area contributed by atoms with E-state index in [1.807, 2.05) is 10.7 Å². The Balaban J connectivity index is 1.20. The lowest BCUT2D eigenvalue weighted by Crippen LogP contribution is -3.20. The minimum Gasteiger partial charge on any atom is -0.383 e. The number of ether oxygens (including phenoxy) is 1. The second-order valence-electron chi connectivity index (χ2n) is 9.25. The van der Waals surface area contributed by atoms with Gasteiger partial charge in [0.05, 0.1) is 38.4 Å². The first-order chi connectivity index (χ1) is 16.2. The number of carbonyl (C=O) groups excluding carboxylic acids is 1. The van der Waals surface area contributed by atoms with Crippen molar-refractivity contribution in [3.63, 3.8) is 0 Å². The first-order valence-corrected chi connectivity index (χ1v) is 11.9. The van der Waals surface area contributed by atoms with Crippen molar-refractivity contribution < 1.29 is 14.4 Å². The molecule has 0 spiro atoms. The lowest BCUT2D eigenvalue weighted by atomic mass is 9.75. The molecule has 3 fully saturated rings. The molecule has 2 bridgehead atoms. The van der Waals surface area contributed by atoms with Gasteiger partial charge >= 0.3 is 0 Å². The molecule has 6 rings (SSSR count). The van der Waals surface area contributed by atoms with E-state index in [1.165, 1.54) is 16.0 Å². The molecule has 1 unspecified atom stereocenters. The van der Waals surface area contributed by atoms with Crippen LogP contribution in [0.1, 0.15) is 12.8 Å². The van der Waals surface area contributed by atoms with E-state index in [1.54, 1.807) is 7.11 Å². The first-order valence-electron chi connectivity index (χ1n) is 11.9. The lowest BCUT2D eigenvalue weighted by molar-refractivity contribution is -0.945. The molecule has 7 nitrogen and oxygen atoms in total. The van der Waals surface area contributed by atoms with Gasteiger partial charge < -0.3 is 15.0 Å². The fourth-order valence-electron chi connectivity index (χ4n) is 5.44. The zero-order chi connectivity index (χ0) is 22.6. The Morgan fingerprint density at radius 2 is 1.88 bits per heavy atom. The molecular formula is C26H32N5O2+. The van der Waals surface area contributed by atoms with Crippen LogP contribution < -0.4 is 10.2 Å². The number of methoxy groups -OCH3 is 1. The third-order valence-electron chi connectivity index (χ3n) is 7.23. The largest absolute Gasteiger partial charge is 0.383 e. The minimum absolute atomic E-state index is 0.122. The maximum atomic E-state index is 12.6. The summed E-state index contributed by atoms with van der Waals surface area (Å²) in [6.45, 7) is 4.05. The van der Waals surface area contributed by atoms with Crippen molar-refractivity contribution in [3.8, 4) is 22.4 Å². The number of fused-ring (bicyclic) bond motifs is 3. The summed E-state index contributed by atoms with van der Waals surface area (Å²) >= 11 is 0. The van der Waals surface area contributed by atoms with Crippen molar-refractivity contribution in [2.75, 3.05) is 33.4 Å². The highest BCUT2D eigenvalue weighted by Gasteiger charge is 2.46. The fraction of sp³-hybridized carbons (Fsp3) is 0.423. The Kier molecular flexibility index (Phi) is 6.51. The van der Waals surface area contributed by atoms with Gasteiger partial charge in [-0.1, -0.05) is 59.8 Å². The van der Waals surface area contributed by atoms with E-state index in [-0.39, 0.29) is 11.8 Å². The van der Waals surface area contributed by atoms with Gasteiger partial charge in [-0.2, -0.15) is 0 Å². The topological polar surface area (TPSA) is 73.5 Å². The third-order valence-corrected chi connectivity index (χ3v) is 7.23. The predicted octanol–water partition coefficient (Wildman–Crippen LogP) is 1.67. The zero-order valence-electron chi connectivity index (χ0n) is 19.1. The van der Waals surface area contributed by atoms with Crippen LogP contribution in [-0.4, -0.2) is 60.3 Å².